The lowest BCUT2D eigenvalue weighted by Crippen LogP contribution is -2.02. The molecular weight excluding hydrogens is 204 g/mol. The van der Waals surface area contributed by atoms with E-state index in [2.05, 4.69) is 4.98 Å². The van der Waals surface area contributed by atoms with Gasteiger partial charge in [-0.2, -0.15) is 0 Å². The zero-order chi connectivity index (χ0) is 11.2. The Morgan fingerprint density at radius 3 is 2.69 bits per heavy atom. The fourth-order valence-corrected chi connectivity index (χ4v) is 1.45. The first-order chi connectivity index (χ1) is 7.88. The van der Waals surface area contributed by atoms with Crippen LogP contribution in [0.5, 0.6) is 5.75 Å². The minimum Gasteiger partial charge on any atom is -0.491 e. The molecule has 0 fully saturated rings. The summed E-state index contributed by atoms with van der Waals surface area (Å²) in [6.45, 7) is 1.18. The van der Waals surface area contributed by atoms with Crippen LogP contribution >= 0.6 is 0 Å². The minimum atomic E-state index is 0.0385. The summed E-state index contributed by atoms with van der Waals surface area (Å²) < 4.78 is 7.28. The molecule has 0 aliphatic heterocycles. The maximum atomic E-state index is 8.62. The average molecular weight is 218 g/mol. The maximum Gasteiger partial charge on any atom is 0.119 e. The Morgan fingerprint density at radius 1 is 1.25 bits per heavy atom. The number of aromatic nitrogens is 2. The Hall–Kier alpha value is -1.81. The standard InChI is InChI=1S/C12H14N2O2/c15-7-8-16-12-3-1-11(2-4-12)9-14-6-5-13-10-14/h1-6,10,15H,7-9H2. The van der Waals surface area contributed by atoms with Crippen molar-refractivity contribution in [2.24, 2.45) is 0 Å². The van der Waals surface area contributed by atoms with E-state index in [9.17, 15) is 0 Å². The number of hydrogen-bond acceptors (Lipinski definition) is 3. The molecule has 0 saturated heterocycles. The predicted molar refractivity (Wildman–Crippen MR) is 60.4 cm³/mol. The molecule has 0 radical (unpaired) electrons. The van der Waals surface area contributed by atoms with E-state index >= 15 is 0 Å². The van der Waals surface area contributed by atoms with Gasteiger partial charge >= 0.3 is 0 Å². The minimum absolute atomic E-state index is 0.0385. The maximum absolute atomic E-state index is 8.62. The van der Waals surface area contributed by atoms with Gasteiger partial charge in [0.25, 0.3) is 0 Å². The second kappa shape index (κ2) is 5.32. The van der Waals surface area contributed by atoms with E-state index in [1.807, 2.05) is 35.0 Å². The summed E-state index contributed by atoms with van der Waals surface area (Å²) in [5.74, 6) is 0.781. The Labute approximate surface area is 94.1 Å². The molecule has 0 bridgehead atoms. The van der Waals surface area contributed by atoms with E-state index < -0.39 is 0 Å². The molecule has 2 rings (SSSR count). The fourth-order valence-electron chi connectivity index (χ4n) is 1.45. The van der Waals surface area contributed by atoms with Crippen LogP contribution in [0, 0.1) is 0 Å². The van der Waals surface area contributed by atoms with Crippen molar-refractivity contribution in [2.75, 3.05) is 13.2 Å². The van der Waals surface area contributed by atoms with Crippen molar-refractivity contribution in [1.82, 2.24) is 9.55 Å². The average Bonchev–Trinajstić information content (AvgIpc) is 2.81. The van der Waals surface area contributed by atoms with Crippen molar-refractivity contribution in [3.63, 3.8) is 0 Å². The second-order valence-corrected chi connectivity index (χ2v) is 3.45. The molecule has 2 aromatic rings. The highest BCUT2D eigenvalue weighted by Gasteiger charge is 1.96. The van der Waals surface area contributed by atoms with E-state index in [0.717, 1.165) is 12.3 Å². The largest absolute Gasteiger partial charge is 0.491 e. The van der Waals surface area contributed by atoms with Crippen LogP contribution in [0.1, 0.15) is 5.56 Å². The first-order valence-electron chi connectivity index (χ1n) is 5.17. The van der Waals surface area contributed by atoms with Crippen LogP contribution in [0.25, 0.3) is 0 Å². The number of ether oxygens (including phenoxy) is 1. The molecule has 84 valence electrons. The fraction of sp³-hybridized carbons (Fsp3) is 0.250. The van der Waals surface area contributed by atoms with E-state index in [-0.39, 0.29) is 6.61 Å². The first kappa shape index (κ1) is 10.7. The molecular formula is C12H14N2O2. The van der Waals surface area contributed by atoms with E-state index in [1.165, 1.54) is 5.56 Å². The van der Waals surface area contributed by atoms with Crippen LogP contribution < -0.4 is 4.74 Å². The van der Waals surface area contributed by atoms with Gasteiger partial charge in [0, 0.05) is 18.9 Å². The molecule has 0 atom stereocenters. The van der Waals surface area contributed by atoms with Crippen LogP contribution in [0.2, 0.25) is 0 Å². The Balaban J connectivity index is 1.96. The SMILES string of the molecule is OCCOc1ccc(Cn2ccnc2)cc1. The van der Waals surface area contributed by atoms with Crippen molar-refractivity contribution in [2.45, 2.75) is 6.54 Å². The molecule has 0 spiro atoms. The highest BCUT2D eigenvalue weighted by molar-refractivity contribution is 5.27. The van der Waals surface area contributed by atoms with Gasteiger partial charge in [-0.25, -0.2) is 4.98 Å². The Bertz CT molecular complexity index is 409. The summed E-state index contributed by atoms with van der Waals surface area (Å²) >= 11 is 0. The molecule has 1 heterocycles. The summed E-state index contributed by atoms with van der Waals surface area (Å²) in [7, 11) is 0. The van der Waals surface area contributed by atoms with Crippen LogP contribution in [0.15, 0.2) is 43.0 Å². The molecule has 1 aromatic heterocycles. The molecule has 4 nitrogen and oxygen atoms in total. The van der Waals surface area contributed by atoms with Crippen LogP contribution in [0.4, 0.5) is 0 Å². The van der Waals surface area contributed by atoms with E-state index in [0.29, 0.717) is 6.61 Å². The molecule has 1 aromatic carbocycles. The monoisotopic (exact) mass is 218 g/mol. The number of aliphatic hydroxyl groups excluding tert-OH is 1. The lowest BCUT2D eigenvalue weighted by Gasteiger charge is -2.06. The van der Waals surface area contributed by atoms with Gasteiger partial charge in [-0.05, 0) is 17.7 Å². The van der Waals surface area contributed by atoms with Gasteiger partial charge in [-0.3, -0.25) is 0 Å². The highest BCUT2D eigenvalue weighted by Crippen LogP contribution is 2.12. The number of nitrogens with zero attached hydrogens (tertiary/aromatic N) is 2. The molecule has 0 amide bonds. The Kier molecular flexibility index (Phi) is 3.56. The normalized spacial score (nSPS) is 10.3. The van der Waals surface area contributed by atoms with Gasteiger partial charge in [0.2, 0.25) is 0 Å². The predicted octanol–water partition coefficient (Wildman–Crippen LogP) is 1.30. The van der Waals surface area contributed by atoms with Gasteiger partial charge in [-0.15, -0.1) is 0 Å². The molecule has 0 unspecified atom stereocenters. The van der Waals surface area contributed by atoms with Crippen LogP contribution in [-0.2, 0) is 6.54 Å². The van der Waals surface area contributed by atoms with Gasteiger partial charge in [0.1, 0.15) is 12.4 Å². The zero-order valence-corrected chi connectivity index (χ0v) is 8.91. The summed E-state index contributed by atoms with van der Waals surface area (Å²) in [6, 6.07) is 7.82. The first-order valence-corrected chi connectivity index (χ1v) is 5.17. The van der Waals surface area contributed by atoms with Crippen molar-refractivity contribution >= 4 is 0 Å². The van der Waals surface area contributed by atoms with Crippen LogP contribution in [-0.4, -0.2) is 27.9 Å². The summed E-state index contributed by atoms with van der Waals surface area (Å²) in [5, 5.41) is 8.62. The topological polar surface area (TPSA) is 47.3 Å². The molecule has 4 heteroatoms. The molecule has 0 aliphatic rings. The lowest BCUT2D eigenvalue weighted by molar-refractivity contribution is 0.201. The molecule has 0 aliphatic carbocycles. The third-order valence-corrected chi connectivity index (χ3v) is 2.21. The summed E-state index contributed by atoms with van der Waals surface area (Å²) in [5.41, 5.74) is 1.19. The van der Waals surface area contributed by atoms with Crippen LogP contribution in [0.3, 0.4) is 0 Å². The van der Waals surface area contributed by atoms with Crippen molar-refractivity contribution in [3.8, 4) is 5.75 Å². The number of rotatable bonds is 5. The second-order valence-electron chi connectivity index (χ2n) is 3.45. The van der Waals surface area contributed by atoms with E-state index in [1.54, 1.807) is 12.5 Å². The third-order valence-electron chi connectivity index (χ3n) is 2.21. The third kappa shape index (κ3) is 2.84. The van der Waals surface area contributed by atoms with Crippen molar-refractivity contribution in [1.29, 1.82) is 0 Å². The molecule has 1 N–H and O–H groups in total. The summed E-state index contributed by atoms with van der Waals surface area (Å²) in [6.07, 6.45) is 5.48. The summed E-state index contributed by atoms with van der Waals surface area (Å²) in [4.78, 5) is 3.99. The molecule has 16 heavy (non-hydrogen) atoms. The van der Waals surface area contributed by atoms with E-state index in [4.69, 9.17) is 9.84 Å². The van der Waals surface area contributed by atoms with Crippen molar-refractivity contribution < 1.29 is 9.84 Å². The molecule has 0 saturated carbocycles. The number of aliphatic hydroxyl groups is 1. The van der Waals surface area contributed by atoms with Gasteiger partial charge < -0.3 is 14.4 Å². The smallest absolute Gasteiger partial charge is 0.119 e. The quantitative estimate of drug-likeness (QED) is 0.823. The zero-order valence-electron chi connectivity index (χ0n) is 8.91. The van der Waals surface area contributed by atoms with Gasteiger partial charge in [-0.1, -0.05) is 12.1 Å². The Morgan fingerprint density at radius 2 is 2.06 bits per heavy atom. The lowest BCUT2D eigenvalue weighted by atomic mass is 10.2. The number of benzene rings is 1. The van der Waals surface area contributed by atoms with Gasteiger partial charge in [0.05, 0.1) is 12.9 Å². The van der Waals surface area contributed by atoms with Gasteiger partial charge in [0.15, 0.2) is 0 Å². The highest BCUT2D eigenvalue weighted by atomic mass is 16.5. The number of imidazole rings is 1. The van der Waals surface area contributed by atoms with Crippen molar-refractivity contribution in [3.05, 3.63) is 48.5 Å². The number of hydrogen-bond donors (Lipinski definition) is 1.